The number of nitrogens with one attached hydrogen (secondary N) is 3. The molecule has 0 unspecified atom stereocenters. The first kappa shape index (κ1) is 17.2. The van der Waals surface area contributed by atoms with Crippen LogP contribution in [0.25, 0.3) is 0 Å². The summed E-state index contributed by atoms with van der Waals surface area (Å²) in [4.78, 5) is 23.8. The van der Waals surface area contributed by atoms with Crippen LogP contribution in [0.4, 0.5) is 11.4 Å². The highest BCUT2D eigenvalue weighted by atomic mass is 16.5. The first-order valence-corrected chi connectivity index (χ1v) is 7.54. The second-order valence-corrected chi connectivity index (χ2v) is 5.50. The van der Waals surface area contributed by atoms with Crippen LogP contribution in [0, 0.1) is 0 Å². The molecule has 126 valence electrons. The summed E-state index contributed by atoms with van der Waals surface area (Å²) in [6.07, 6.45) is 1.24. The molecule has 1 heterocycles. The maximum Gasteiger partial charge on any atom is 0.256 e. The summed E-state index contributed by atoms with van der Waals surface area (Å²) < 4.78 is 10.8. The minimum atomic E-state index is -0.811. The molecule has 0 atom stereocenters. The second-order valence-electron chi connectivity index (χ2n) is 5.50. The van der Waals surface area contributed by atoms with Crippen molar-refractivity contribution in [2.45, 2.75) is 25.4 Å². The number of rotatable bonds is 5. The lowest BCUT2D eigenvalue weighted by Gasteiger charge is -2.34. The zero-order valence-electron chi connectivity index (χ0n) is 13.7. The number of anilines is 2. The maximum absolute atomic E-state index is 12.6. The van der Waals surface area contributed by atoms with Gasteiger partial charge in [-0.25, -0.2) is 0 Å². The molecule has 23 heavy (non-hydrogen) atoms. The van der Waals surface area contributed by atoms with E-state index in [1.165, 1.54) is 14.0 Å². The third-order valence-electron chi connectivity index (χ3n) is 3.99. The Morgan fingerprint density at radius 2 is 1.87 bits per heavy atom. The predicted octanol–water partition coefficient (Wildman–Crippen LogP) is 1.36. The van der Waals surface area contributed by atoms with E-state index in [-0.39, 0.29) is 11.8 Å². The van der Waals surface area contributed by atoms with Crippen LogP contribution >= 0.6 is 0 Å². The normalized spacial score (nSPS) is 16.5. The van der Waals surface area contributed by atoms with Crippen molar-refractivity contribution < 1.29 is 19.1 Å². The molecule has 0 aromatic heterocycles. The Morgan fingerprint density at radius 1 is 1.17 bits per heavy atom. The number of methoxy groups -OCH3 is 2. The van der Waals surface area contributed by atoms with E-state index in [9.17, 15) is 9.59 Å². The Morgan fingerprint density at radius 3 is 2.43 bits per heavy atom. The topological polar surface area (TPSA) is 88.7 Å². The van der Waals surface area contributed by atoms with Crippen molar-refractivity contribution in [1.29, 1.82) is 0 Å². The van der Waals surface area contributed by atoms with Gasteiger partial charge < -0.3 is 25.4 Å². The summed E-state index contributed by atoms with van der Waals surface area (Å²) in [7, 11) is 3.07. The largest absolute Gasteiger partial charge is 0.494 e. The summed E-state index contributed by atoms with van der Waals surface area (Å²) in [5.74, 6) is 0.124. The molecule has 7 nitrogen and oxygen atoms in total. The lowest BCUT2D eigenvalue weighted by Crippen LogP contribution is -2.51. The fourth-order valence-corrected chi connectivity index (χ4v) is 2.66. The standard InChI is InChI=1S/C16H23N3O4/c1-11(20)18-13-5-4-12(10-14(13)22-2)19-15(21)16(23-3)6-8-17-9-7-16/h4-5,10,17H,6-9H2,1-3H3,(H,18,20)(H,19,21). The van der Waals surface area contributed by atoms with E-state index in [1.807, 2.05) is 0 Å². The second kappa shape index (κ2) is 7.43. The van der Waals surface area contributed by atoms with Gasteiger partial charge in [-0.05, 0) is 38.1 Å². The van der Waals surface area contributed by atoms with Crippen LogP contribution in [-0.2, 0) is 14.3 Å². The molecule has 2 rings (SSSR count). The molecule has 7 heteroatoms. The number of hydrogen-bond donors (Lipinski definition) is 3. The van der Waals surface area contributed by atoms with Crippen LogP contribution in [0.2, 0.25) is 0 Å². The van der Waals surface area contributed by atoms with Crippen LogP contribution in [0.15, 0.2) is 18.2 Å². The predicted molar refractivity (Wildman–Crippen MR) is 87.8 cm³/mol. The van der Waals surface area contributed by atoms with Gasteiger partial charge >= 0.3 is 0 Å². The van der Waals surface area contributed by atoms with Crippen molar-refractivity contribution in [3.05, 3.63) is 18.2 Å². The van der Waals surface area contributed by atoms with E-state index < -0.39 is 5.60 Å². The van der Waals surface area contributed by atoms with Gasteiger partial charge in [-0.3, -0.25) is 9.59 Å². The molecule has 2 amide bonds. The van der Waals surface area contributed by atoms with Crippen molar-refractivity contribution in [3.8, 4) is 5.75 Å². The van der Waals surface area contributed by atoms with E-state index in [4.69, 9.17) is 9.47 Å². The third kappa shape index (κ3) is 4.00. The molecule has 3 N–H and O–H groups in total. The summed E-state index contributed by atoms with van der Waals surface area (Å²) in [5, 5.41) is 8.77. The molecule has 0 aliphatic carbocycles. The number of piperidine rings is 1. The average molecular weight is 321 g/mol. The average Bonchev–Trinajstić information content (AvgIpc) is 2.56. The molecule has 1 aromatic carbocycles. The van der Waals surface area contributed by atoms with Gasteiger partial charge in [-0.1, -0.05) is 0 Å². The summed E-state index contributed by atoms with van der Waals surface area (Å²) in [5.41, 5.74) is 0.339. The van der Waals surface area contributed by atoms with Crippen molar-refractivity contribution in [2.24, 2.45) is 0 Å². The zero-order chi connectivity index (χ0) is 16.9. The number of benzene rings is 1. The van der Waals surface area contributed by atoms with Crippen LogP contribution in [0.3, 0.4) is 0 Å². The summed E-state index contributed by atoms with van der Waals surface area (Å²) in [6.45, 7) is 2.91. The van der Waals surface area contributed by atoms with Crippen LogP contribution in [-0.4, -0.2) is 44.7 Å². The fraction of sp³-hybridized carbons (Fsp3) is 0.500. The van der Waals surface area contributed by atoms with Crippen molar-refractivity contribution >= 4 is 23.2 Å². The number of amides is 2. The maximum atomic E-state index is 12.6. The van der Waals surface area contributed by atoms with Crippen LogP contribution < -0.4 is 20.7 Å². The van der Waals surface area contributed by atoms with Gasteiger partial charge in [0.25, 0.3) is 5.91 Å². The van der Waals surface area contributed by atoms with E-state index in [1.54, 1.807) is 25.3 Å². The number of hydrogen-bond acceptors (Lipinski definition) is 5. The van der Waals surface area contributed by atoms with Gasteiger partial charge in [-0.2, -0.15) is 0 Å². The number of carbonyl (C=O) groups is 2. The van der Waals surface area contributed by atoms with Crippen molar-refractivity contribution in [3.63, 3.8) is 0 Å². The minimum Gasteiger partial charge on any atom is -0.494 e. The molecule has 1 aromatic rings. The van der Waals surface area contributed by atoms with Gasteiger partial charge in [0.1, 0.15) is 11.4 Å². The highest BCUT2D eigenvalue weighted by Gasteiger charge is 2.39. The molecule has 0 saturated carbocycles. The van der Waals surface area contributed by atoms with Gasteiger partial charge in [0.15, 0.2) is 0 Å². The summed E-state index contributed by atoms with van der Waals surface area (Å²) >= 11 is 0. The SMILES string of the molecule is COc1cc(NC(=O)C2(OC)CCNCC2)ccc1NC(C)=O. The van der Waals surface area contributed by atoms with Crippen molar-refractivity contribution in [2.75, 3.05) is 37.9 Å². The molecular formula is C16H23N3O4. The van der Waals surface area contributed by atoms with Gasteiger partial charge in [0.05, 0.1) is 12.8 Å². The van der Waals surface area contributed by atoms with Gasteiger partial charge in [0, 0.05) is 25.8 Å². The first-order valence-electron chi connectivity index (χ1n) is 7.54. The van der Waals surface area contributed by atoms with E-state index in [2.05, 4.69) is 16.0 Å². The van der Waals surface area contributed by atoms with Crippen molar-refractivity contribution in [1.82, 2.24) is 5.32 Å². The lowest BCUT2D eigenvalue weighted by molar-refractivity contribution is -0.140. The van der Waals surface area contributed by atoms with Crippen LogP contribution in [0.1, 0.15) is 19.8 Å². The molecule has 1 fully saturated rings. The molecular weight excluding hydrogens is 298 g/mol. The number of carbonyl (C=O) groups excluding carboxylic acids is 2. The van der Waals surface area contributed by atoms with Gasteiger partial charge in [0.2, 0.25) is 5.91 Å². The molecule has 0 radical (unpaired) electrons. The number of ether oxygens (including phenoxy) is 2. The monoisotopic (exact) mass is 321 g/mol. The molecule has 1 aliphatic heterocycles. The highest BCUT2D eigenvalue weighted by Crippen LogP contribution is 2.30. The Labute approximate surface area is 135 Å². The third-order valence-corrected chi connectivity index (χ3v) is 3.99. The molecule has 0 bridgehead atoms. The van der Waals surface area contributed by atoms with E-state index in [0.717, 1.165) is 13.1 Å². The Balaban J connectivity index is 2.15. The quantitative estimate of drug-likeness (QED) is 0.762. The fourth-order valence-electron chi connectivity index (χ4n) is 2.66. The summed E-state index contributed by atoms with van der Waals surface area (Å²) in [6, 6.07) is 5.08. The smallest absolute Gasteiger partial charge is 0.256 e. The first-order chi connectivity index (χ1) is 11.0. The molecule has 1 saturated heterocycles. The van der Waals surface area contributed by atoms with E-state index >= 15 is 0 Å². The van der Waals surface area contributed by atoms with Gasteiger partial charge in [-0.15, -0.1) is 0 Å². The van der Waals surface area contributed by atoms with E-state index in [0.29, 0.717) is 30.0 Å². The lowest BCUT2D eigenvalue weighted by atomic mass is 9.91. The van der Waals surface area contributed by atoms with Crippen LogP contribution in [0.5, 0.6) is 5.75 Å². The zero-order valence-corrected chi connectivity index (χ0v) is 13.7. The Kier molecular flexibility index (Phi) is 5.57. The highest BCUT2D eigenvalue weighted by molar-refractivity contribution is 5.98. The minimum absolute atomic E-state index is 0.171. The Hall–Kier alpha value is -2.12. The molecule has 1 aliphatic rings. The Bertz CT molecular complexity index is 583. The molecule has 0 spiro atoms.